The van der Waals surface area contributed by atoms with Crippen molar-refractivity contribution >= 4 is 11.9 Å². The predicted molar refractivity (Wildman–Crippen MR) is 73.4 cm³/mol. The molecule has 0 aliphatic heterocycles. The Balaban J connectivity index is 2.35. The van der Waals surface area contributed by atoms with Gasteiger partial charge in [-0.05, 0) is 18.9 Å². The largest absolute Gasteiger partial charge is 0.452 e. The normalized spacial score (nSPS) is 12.1. The smallest absolute Gasteiger partial charge is 0.330 e. The maximum absolute atomic E-state index is 11.6. The molecule has 4 nitrogen and oxygen atoms in total. The van der Waals surface area contributed by atoms with E-state index >= 15 is 0 Å². The topological polar surface area (TPSA) is 55.4 Å². The van der Waals surface area contributed by atoms with E-state index < -0.39 is 5.97 Å². The van der Waals surface area contributed by atoms with Gasteiger partial charge >= 0.3 is 5.97 Å². The van der Waals surface area contributed by atoms with Crippen LogP contribution in [0.1, 0.15) is 31.9 Å². The predicted octanol–water partition coefficient (Wildman–Crippen LogP) is 2.37. The summed E-state index contributed by atoms with van der Waals surface area (Å²) < 4.78 is 4.80. The van der Waals surface area contributed by atoms with E-state index in [0.717, 1.165) is 12.0 Å². The molecule has 0 heterocycles. The van der Waals surface area contributed by atoms with Gasteiger partial charge in [-0.25, -0.2) is 4.79 Å². The third-order valence-electron chi connectivity index (χ3n) is 2.51. The van der Waals surface area contributed by atoms with E-state index in [0.29, 0.717) is 0 Å². The highest BCUT2D eigenvalue weighted by Crippen LogP contribution is 2.10. The number of hydrogen-bond donors (Lipinski definition) is 1. The zero-order chi connectivity index (χ0) is 14.1. The minimum absolute atomic E-state index is 0.112. The SMILES string of the molecule is CC/C=C/C(=O)OCC(=O)N[C@@H](C)c1ccccc1. The van der Waals surface area contributed by atoms with Crippen molar-refractivity contribution in [3.05, 3.63) is 48.0 Å². The second kappa shape index (κ2) is 8.08. The van der Waals surface area contributed by atoms with Crippen LogP contribution in [0.3, 0.4) is 0 Å². The van der Waals surface area contributed by atoms with Gasteiger partial charge in [-0.15, -0.1) is 0 Å². The highest BCUT2D eigenvalue weighted by molar-refractivity contribution is 5.85. The average molecular weight is 261 g/mol. The lowest BCUT2D eigenvalue weighted by molar-refractivity contribution is -0.144. The molecule has 4 heteroatoms. The molecule has 0 unspecified atom stereocenters. The standard InChI is InChI=1S/C15H19NO3/c1-3-4-10-15(18)19-11-14(17)16-12(2)13-8-6-5-7-9-13/h4-10,12H,3,11H2,1-2H3,(H,16,17)/b10-4+/t12-/m0/s1. The van der Waals surface area contributed by atoms with Gasteiger partial charge in [0.2, 0.25) is 0 Å². The van der Waals surface area contributed by atoms with Crippen molar-refractivity contribution in [3.63, 3.8) is 0 Å². The number of carbonyl (C=O) groups excluding carboxylic acids is 2. The molecule has 0 fully saturated rings. The van der Waals surface area contributed by atoms with E-state index in [2.05, 4.69) is 5.32 Å². The van der Waals surface area contributed by atoms with Gasteiger partial charge in [-0.2, -0.15) is 0 Å². The summed E-state index contributed by atoms with van der Waals surface area (Å²) >= 11 is 0. The molecule has 0 aliphatic carbocycles. The number of benzene rings is 1. The van der Waals surface area contributed by atoms with Gasteiger partial charge < -0.3 is 10.1 Å². The number of allylic oxidation sites excluding steroid dienone is 1. The van der Waals surface area contributed by atoms with Crippen molar-refractivity contribution in [1.82, 2.24) is 5.32 Å². The lowest BCUT2D eigenvalue weighted by atomic mass is 10.1. The maximum atomic E-state index is 11.6. The highest BCUT2D eigenvalue weighted by atomic mass is 16.5. The molecule has 1 atom stereocenters. The van der Waals surface area contributed by atoms with Crippen molar-refractivity contribution in [1.29, 1.82) is 0 Å². The fourth-order valence-electron chi connectivity index (χ4n) is 1.51. The van der Waals surface area contributed by atoms with E-state index in [1.807, 2.05) is 44.2 Å². The van der Waals surface area contributed by atoms with Crippen LogP contribution in [0.5, 0.6) is 0 Å². The number of rotatable bonds is 6. The van der Waals surface area contributed by atoms with Crippen molar-refractivity contribution in [2.45, 2.75) is 26.3 Å². The van der Waals surface area contributed by atoms with Crippen LogP contribution in [-0.4, -0.2) is 18.5 Å². The monoisotopic (exact) mass is 261 g/mol. The zero-order valence-corrected chi connectivity index (χ0v) is 11.3. The summed E-state index contributed by atoms with van der Waals surface area (Å²) in [6.45, 7) is 3.54. The number of ether oxygens (including phenoxy) is 1. The molecule has 0 radical (unpaired) electrons. The van der Waals surface area contributed by atoms with Crippen LogP contribution >= 0.6 is 0 Å². The second-order valence-electron chi connectivity index (χ2n) is 4.12. The van der Waals surface area contributed by atoms with E-state index in [-0.39, 0.29) is 18.6 Å². The Hall–Kier alpha value is -2.10. The molecule has 19 heavy (non-hydrogen) atoms. The fraction of sp³-hybridized carbons (Fsp3) is 0.333. The Morgan fingerprint density at radius 3 is 2.63 bits per heavy atom. The van der Waals surface area contributed by atoms with Gasteiger partial charge in [0.25, 0.3) is 5.91 Å². The molecule has 0 saturated carbocycles. The van der Waals surface area contributed by atoms with Gasteiger partial charge in [-0.1, -0.05) is 43.3 Å². The lowest BCUT2D eigenvalue weighted by Gasteiger charge is -2.13. The number of esters is 1. The van der Waals surface area contributed by atoms with E-state index in [1.165, 1.54) is 6.08 Å². The molecule has 0 aliphatic rings. The molecule has 102 valence electrons. The van der Waals surface area contributed by atoms with Crippen LogP contribution in [0, 0.1) is 0 Å². The minimum atomic E-state index is -0.496. The number of nitrogens with one attached hydrogen (secondary N) is 1. The van der Waals surface area contributed by atoms with Gasteiger partial charge in [0.1, 0.15) is 0 Å². The van der Waals surface area contributed by atoms with Crippen LogP contribution < -0.4 is 5.32 Å². The fourth-order valence-corrected chi connectivity index (χ4v) is 1.51. The van der Waals surface area contributed by atoms with Gasteiger partial charge in [-0.3, -0.25) is 4.79 Å². The Morgan fingerprint density at radius 2 is 2.00 bits per heavy atom. The van der Waals surface area contributed by atoms with Gasteiger partial charge in [0.15, 0.2) is 6.61 Å². The summed E-state index contributed by atoms with van der Waals surface area (Å²) in [5, 5.41) is 2.77. The second-order valence-corrected chi connectivity index (χ2v) is 4.12. The van der Waals surface area contributed by atoms with Crippen LogP contribution in [0.2, 0.25) is 0 Å². The quantitative estimate of drug-likeness (QED) is 0.632. The number of amides is 1. The molecule has 1 rings (SSSR count). The number of carbonyl (C=O) groups is 2. The summed E-state index contributed by atoms with van der Waals surface area (Å²) in [7, 11) is 0. The molecule has 1 amide bonds. The Bertz CT molecular complexity index is 440. The first-order valence-corrected chi connectivity index (χ1v) is 6.31. The maximum Gasteiger partial charge on any atom is 0.330 e. The third-order valence-corrected chi connectivity index (χ3v) is 2.51. The summed E-state index contributed by atoms with van der Waals surface area (Å²) in [6.07, 6.45) is 3.77. The highest BCUT2D eigenvalue weighted by Gasteiger charge is 2.10. The molecule has 0 bridgehead atoms. The Labute approximate surface area is 113 Å². The minimum Gasteiger partial charge on any atom is -0.452 e. The van der Waals surface area contributed by atoms with Crippen LogP contribution in [0.4, 0.5) is 0 Å². The third kappa shape index (κ3) is 5.86. The van der Waals surface area contributed by atoms with Gasteiger partial charge in [0, 0.05) is 6.08 Å². The summed E-state index contributed by atoms with van der Waals surface area (Å²) in [6, 6.07) is 9.49. The lowest BCUT2D eigenvalue weighted by Crippen LogP contribution is -2.30. The number of hydrogen-bond acceptors (Lipinski definition) is 3. The molecule has 1 aromatic rings. The first-order valence-electron chi connectivity index (χ1n) is 6.31. The first-order chi connectivity index (χ1) is 9.13. The van der Waals surface area contributed by atoms with Crippen molar-refractivity contribution in [2.24, 2.45) is 0 Å². The summed E-state index contributed by atoms with van der Waals surface area (Å²) in [5.74, 6) is -0.807. The average Bonchev–Trinajstić information content (AvgIpc) is 2.43. The van der Waals surface area contributed by atoms with Crippen LogP contribution in [0.25, 0.3) is 0 Å². The van der Waals surface area contributed by atoms with Crippen LogP contribution in [0.15, 0.2) is 42.5 Å². The van der Waals surface area contributed by atoms with Crippen molar-refractivity contribution < 1.29 is 14.3 Å². The zero-order valence-electron chi connectivity index (χ0n) is 11.3. The molecular formula is C15H19NO3. The molecule has 1 N–H and O–H groups in total. The first kappa shape index (κ1) is 15.0. The molecule has 0 saturated heterocycles. The van der Waals surface area contributed by atoms with Crippen LogP contribution in [-0.2, 0) is 14.3 Å². The van der Waals surface area contributed by atoms with Gasteiger partial charge in [0.05, 0.1) is 6.04 Å². The van der Waals surface area contributed by atoms with E-state index in [4.69, 9.17) is 4.74 Å². The molecule has 1 aromatic carbocycles. The Kier molecular flexibility index (Phi) is 6.36. The molecule has 0 aromatic heterocycles. The Morgan fingerprint density at radius 1 is 1.32 bits per heavy atom. The summed E-state index contributed by atoms with van der Waals surface area (Å²) in [4.78, 5) is 22.8. The van der Waals surface area contributed by atoms with Crippen molar-refractivity contribution in [3.8, 4) is 0 Å². The van der Waals surface area contributed by atoms with E-state index in [9.17, 15) is 9.59 Å². The van der Waals surface area contributed by atoms with Crippen molar-refractivity contribution in [2.75, 3.05) is 6.61 Å². The molecule has 0 spiro atoms. The summed E-state index contributed by atoms with van der Waals surface area (Å²) in [5.41, 5.74) is 1.01. The van der Waals surface area contributed by atoms with E-state index in [1.54, 1.807) is 6.08 Å². The molecular weight excluding hydrogens is 242 g/mol.